The predicted octanol–water partition coefficient (Wildman–Crippen LogP) is 6.78. The average Bonchev–Trinajstić information content (AvgIpc) is 2.95. The molecule has 2 aliphatic carbocycles. The molecule has 2 fully saturated rings. The molecule has 0 N–H and O–H groups in total. The Bertz CT molecular complexity index is 483. The molecule has 2 aliphatic rings. The molecular weight excluding hydrogens is 432 g/mol. The quantitative estimate of drug-likeness (QED) is 0.445. The summed E-state index contributed by atoms with van der Waals surface area (Å²) in [5.74, 6) is 3.00. The minimum atomic E-state index is 0.475. The molecule has 19 heavy (non-hydrogen) atoms. The number of hydrogen-bond donors (Lipinski definition) is 0. The number of benzene rings is 1. The molecule has 0 saturated heterocycles. The molecule has 4 unspecified atom stereocenters. The van der Waals surface area contributed by atoms with E-state index in [2.05, 4.69) is 66.8 Å². The van der Waals surface area contributed by atoms with E-state index in [0.717, 1.165) is 17.8 Å². The van der Waals surface area contributed by atoms with Crippen molar-refractivity contribution in [3.05, 3.63) is 32.2 Å². The number of rotatable bonds is 3. The second-order valence-corrected chi connectivity index (χ2v) is 9.08. The van der Waals surface area contributed by atoms with Crippen LogP contribution in [0.4, 0.5) is 0 Å². The third-order valence-corrected chi connectivity index (χ3v) is 7.42. The van der Waals surface area contributed by atoms with E-state index in [1.807, 2.05) is 0 Å². The fourth-order valence-electron chi connectivity index (χ4n) is 3.96. The summed E-state index contributed by atoms with van der Waals surface area (Å²) < 4.78 is 2.45. The Morgan fingerprint density at radius 1 is 1.16 bits per heavy atom. The zero-order valence-electron chi connectivity index (χ0n) is 11.1. The molecule has 1 aromatic rings. The largest absolute Gasteiger partial charge is 0.0838 e. The molecule has 1 aromatic carbocycles. The number of hydrogen-bond acceptors (Lipinski definition) is 0. The van der Waals surface area contributed by atoms with E-state index in [1.54, 1.807) is 0 Å². The SMILES string of the molecule is Cc1cc(Br)c(C(Br)CC2CC3CCC2C3)cc1Br. The molecule has 0 nitrogen and oxygen atoms in total. The first-order valence-corrected chi connectivity index (χ1v) is 9.64. The van der Waals surface area contributed by atoms with Gasteiger partial charge < -0.3 is 0 Å². The molecular formula is C16H19Br3. The Kier molecular flexibility index (Phi) is 4.46. The Balaban J connectivity index is 1.73. The molecule has 0 amide bonds. The summed E-state index contributed by atoms with van der Waals surface area (Å²) in [5.41, 5.74) is 2.68. The van der Waals surface area contributed by atoms with E-state index in [9.17, 15) is 0 Å². The highest BCUT2D eigenvalue weighted by atomic mass is 79.9. The second-order valence-electron chi connectivity index (χ2n) is 6.26. The molecule has 0 aliphatic heterocycles. The third-order valence-electron chi connectivity index (χ3n) is 5.01. The van der Waals surface area contributed by atoms with Crippen LogP contribution in [0.3, 0.4) is 0 Å². The van der Waals surface area contributed by atoms with Crippen LogP contribution in [-0.2, 0) is 0 Å². The van der Waals surface area contributed by atoms with Crippen molar-refractivity contribution in [3.63, 3.8) is 0 Å². The zero-order valence-corrected chi connectivity index (χ0v) is 15.9. The van der Waals surface area contributed by atoms with E-state index < -0.39 is 0 Å². The Morgan fingerprint density at radius 2 is 1.95 bits per heavy atom. The van der Waals surface area contributed by atoms with Crippen LogP contribution in [0.1, 0.15) is 48.1 Å². The molecule has 104 valence electrons. The minimum Gasteiger partial charge on any atom is -0.0838 e. The number of alkyl halides is 1. The van der Waals surface area contributed by atoms with Crippen LogP contribution >= 0.6 is 47.8 Å². The van der Waals surface area contributed by atoms with Gasteiger partial charge in [-0.3, -0.25) is 0 Å². The molecule has 0 spiro atoms. The van der Waals surface area contributed by atoms with E-state index >= 15 is 0 Å². The van der Waals surface area contributed by atoms with Gasteiger partial charge in [0.05, 0.1) is 0 Å². The van der Waals surface area contributed by atoms with Gasteiger partial charge in [0, 0.05) is 13.8 Å². The van der Waals surface area contributed by atoms with Crippen molar-refractivity contribution in [2.75, 3.05) is 0 Å². The van der Waals surface area contributed by atoms with Gasteiger partial charge in [-0.05, 0) is 73.6 Å². The smallest absolute Gasteiger partial charge is 0.0409 e. The van der Waals surface area contributed by atoms with Gasteiger partial charge >= 0.3 is 0 Å². The summed E-state index contributed by atoms with van der Waals surface area (Å²) in [6.45, 7) is 2.14. The van der Waals surface area contributed by atoms with Crippen LogP contribution in [-0.4, -0.2) is 0 Å². The van der Waals surface area contributed by atoms with Crippen molar-refractivity contribution in [1.29, 1.82) is 0 Å². The average molecular weight is 451 g/mol. The number of halogens is 3. The van der Waals surface area contributed by atoms with Crippen molar-refractivity contribution in [2.24, 2.45) is 17.8 Å². The summed E-state index contributed by atoms with van der Waals surface area (Å²) in [6, 6.07) is 4.49. The van der Waals surface area contributed by atoms with Crippen molar-refractivity contribution >= 4 is 47.8 Å². The van der Waals surface area contributed by atoms with Gasteiger partial charge in [0.25, 0.3) is 0 Å². The van der Waals surface area contributed by atoms with Gasteiger partial charge in [-0.15, -0.1) is 0 Å². The topological polar surface area (TPSA) is 0 Å². The minimum absolute atomic E-state index is 0.475. The van der Waals surface area contributed by atoms with Crippen LogP contribution in [0.2, 0.25) is 0 Å². The van der Waals surface area contributed by atoms with E-state index in [-0.39, 0.29) is 0 Å². The lowest BCUT2D eigenvalue weighted by Crippen LogP contribution is -2.12. The zero-order chi connectivity index (χ0) is 13.6. The summed E-state index contributed by atoms with van der Waals surface area (Å²) >= 11 is 11.3. The molecule has 3 rings (SSSR count). The van der Waals surface area contributed by atoms with Crippen LogP contribution in [0.15, 0.2) is 21.1 Å². The lowest BCUT2D eigenvalue weighted by Gasteiger charge is -2.25. The van der Waals surface area contributed by atoms with Gasteiger partial charge in [0.1, 0.15) is 0 Å². The van der Waals surface area contributed by atoms with Gasteiger partial charge in [0.2, 0.25) is 0 Å². The molecule has 2 saturated carbocycles. The Labute approximate surface area is 141 Å². The summed E-state index contributed by atoms with van der Waals surface area (Å²) in [4.78, 5) is 0.475. The van der Waals surface area contributed by atoms with Gasteiger partial charge in [0.15, 0.2) is 0 Å². The molecule has 0 aromatic heterocycles. The highest BCUT2D eigenvalue weighted by Crippen LogP contribution is 2.52. The number of fused-ring (bicyclic) bond motifs is 2. The van der Waals surface area contributed by atoms with Crippen molar-refractivity contribution in [3.8, 4) is 0 Å². The first kappa shape index (κ1) is 14.6. The van der Waals surface area contributed by atoms with Crippen molar-refractivity contribution in [1.82, 2.24) is 0 Å². The summed E-state index contributed by atoms with van der Waals surface area (Å²) in [7, 11) is 0. The molecule has 4 atom stereocenters. The maximum absolute atomic E-state index is 3.93. The Hall–Kier alpha value is 0.660. The maximum Gasteiger partial charge on any atom is 0.0409 e. The van der Waals surface area contributed by atoms with Crippen LogP contribution in [0, 0.1) is 24.7 Å². The van der Waals surface area contributed by atoms with Crippen molar-refractivity contribution < 1.29 is 0 Å². The van der Waals surface area contributed by atoms with Crippen LogP contribution in [0.25, 0.3) is 0 Å². The normalized spacial score (nSPS) is 30.8. The van der Waals surface area contributed by atoms with Gasteiger partial charge in [-0.2, -0.15) is 0 Å². The fraction of sp³-hybridized carbons (Fsp3) is 0.625. The summed E-state index contributed by atoms with van der Waals surface area (Å²) in [6.07, 6.45) is 7.23. The van der Waals surface area contributed by atoms with Gasteiger partial charge in [-0.1, -0.05) is 54.2 Å². The standard InChI is InChI=1S/C16H19Br3/c1-9-4-15(18)13(8-14(9)17)16(19)7-12-6-10-2-3-11(12)5-10/h4,8,10-12,16H,2-3,5-7H2,1H3. The lowest BCUT2D eigenvalue weighted by atomic mass is 9.84. The van der Waals surface area contributed by atoms with E-state index in [0.29, 0.717) is 4.83 Å². The van der Waals surface area contributed by atoms with Crippen LogP contribution in [0.5, 0.6) is 0 Å². The molecule has 0 heterocycles. The van der Waals surface area contributed by atoms with Crippen LogP contribution < -0.4 is 0 Å². The highest BCUT2D eigenvalue weighted by Gasteiger charge is 2.40. The molecule has 3 heteroatoms. The van der Waals surface area contributed by atoms with Crippen molar-refractivity contribution in [2.45, 2.75) is 43.9 Å². The Morgan fingerprint density at radius 3 is 2.58 bits per heavy atom. The van der Waals surface area contributed by atoms with Gasteiger partial charge in [-0.25, -0.2) is 0 Å². The van der Waals surface area contributed by atoms with E-state index in [1.165, 1.54) is 52.2 Å². The second kappa shape index (κ2) is 5.81. The van der Waals surface area contributed by atoms with E-state index in [4.69, 9.17) is 0 Å². The molecule has 0 radical (unpaired) electrons. The first-order valence-electron chi connectivity index (χ1n) is 7.14. The maximum atomic E-state index is 3.93. The summed E-state index contributed by atoms with van der Waals surface area (Å²) in [5, 5.41) is 0. The predicted molar refractivity (Wildman–Crippen MR) is 91.8 cm³/mol. The highest BCUT2D eigenvalue weighted by molar-refractivity contribution is 9.11. The monoisotopic (exact) mass is 448 g/mol. The third kappa shape index (κ3) is 2.98. The molecule has 2 bridgehead atoms. The number of aryl methyl sites for hydroxylation is 1. The lowest BCUT2D eigenvalue weighted by molar-refractivity contribution is 0.314. The first-order chi connectivity index (χ1) is 9.04. The fourth-order valence-corrected chi connectivity index (χ4v) is 6.22.